The maximum atomic E-state index is 12.8. The van der Waals surface area contributed by atoms with Crippen LogP contribution in [0.25, 0.3) is 0 Å². The largest absolute Gasteiger partial charge is 0.377 e. The number of rotatable bonds is 7. The fraction of sp³-hybridized carbons (Fsp3) is 0.700. The molecule has 1 heterocycles. The molecule has 2 fully saturated rings. The minimum absolute atomic E-state index is 0.0561. The SMILES string of the molecule is CN(C1CCC(OCCN2CCCCC2)CC1)S(=O)(=O)c1ccc(Br)cc1. The van der Waals surface area contributed by atoms with E-state index in [0.29, 0.717) is 4.90 Å². The van der Waals surface area contributed by atoms with Gasteiger partial charge in [0.25, 0.3) is 0 Å². The Bertz CT molecular complexity index is 682. The van der Waals surface area contributed by atoms with Gasteiger partial charge in [-0.25, -0.2) is 8.42 Å². The lowest BCUT2D eigenvalue weighted by atomic mass is 9.93. The molecule has 0 N–H and O–H groups in total. The summed E-state index contributed by atoms with van der Waals surface area (Å²) < 4.78 is 34.2. The molecule has 0 atom stereocenters. The normalized spacial score (nSPS) is 25.0. The van der Waals surface area contributed by atoms with Gasteiger partial charge < -0.3 is 9.64 Å². The molecule has 2 aliphatic rings. The smallest absolute Gasteiger partial charge is 0.243 e. The molecule has 7 heteroatoms. The van der Waals surface area contributed by atoms with Crippen LogP contribution >= 0.6 is 15.9 Å². The van der Waals surface area contributed by atoms with E-state index in [4.69, 9.17) is 4.74 Å². The Morgan fingerprint density at radius 1 is 1.07 bits per heavy atom. The lowest BCUT2D eigenvalue weighted by Crippen LogP contribution is -2.41. The van der Waals surface area contributed by atoms with Crippen molar-refractivity contribution in [3.8, 4) is 0 Å². The minimum Gasteiger partial charge on any atom is -0.377 e. The van der Waals surface area contributed by atoms with Crippen LogP contribution in [-0.4, -0.2) is 63.1 Å². The number of likely N-dealkylation sites (tertiary alicyclic amines) is 1. The van der Waals surface area contributed by atoms with Gasteiger partial charge in [0.05, 0.1) is 17.6 Å². The highest BCUT2D eigenvalue weighted by Crippen LogP contribution is 2.28. The number of hydrogen-bond donors (Lipinski definition) is 0. The maximum absolute atomic E-state index is 12.8. The van der Waals surface area contributed by atoms with Gasteiger partial charge >= 0.3 is 0 Å². The van der Waals surface area contributed by atoms with E-state index in [1.54, 1.807) is 35.6 Å². The Kier molecular flexibility index (Phi) is 7.74. The average molecular weight is 459 g/mol. The van der Waals surface area contributed by atoms with Gasteiger partial charge in [-0.1, -0.05) is 22.4 Å². The Balaban J connectivity index is 1.44. The average Bonchev–Trinajstić information content (AvgIpc) is 2.69. The van der Waals surface area contributed by atoms with Crippen molar-refractivity contribution in [3.63, 3.8) is 0 Å². The summed E-state index contributed by atoms with van der Waals surface area (Å²) in [6, 6.07) is 6.92. The molecule has 0 aromatic heterocycles. The van der Waals surface area contributed by atoms with Gasteiger partial charge in [0.15, 0.2) is 0 Å². The van der Waals surface area contributed by atoms with Crippen molar-refractivity contribution in [1.29, 1.82) is 0 Å². The predicted octanol–water partition coefficient (Wildman–Crippen LogP) is 3.88. The third-order valence-electron chi connectivity index (χ3n) is 5.86. The molecule has 1 aromatic rings. The molecule has 27 heavy (non-hydrogen) atoms. The second-order valence-corrected chi connectivity index (χ2v) is 10.6. The predicted molar refractivity (Wildman–Crippen MR) is 111 cm³/mol. The van der Waals surface area contributed by atoms with Crippen LogP contribution in [0.4, 0.5) is 0 Å². The van der Waals surface area contributed by atoms with Crippen LogP contribution in [0.5, 0.6) is 0 Å². The van der Waals surface area contributed by atoms with Gasteiger partial charge in [0.2, 0.25) is 10.0 Å². The Labute approximate surface area is 172 Å². The van der Waals surface area contributed by atoms with Crippen LogP contribution in [0, 0.1) is 0 Å². The summed E-state index contributed by atoms with van der Waals surface area (Å²) in [7, 11) is -1.73. The molecule has 0 unspecified atom stereocenters. The maximum Gasteiger partial charge on any atom is 0.243 e. The number of benzene rings is 1. The summed E-state index contributed by atoms with van der Waals surface area (Å²) in [5.74, 6) is 0. The Morgan fingerprint density at radius 3 is 2.33 bits per heavy atom. The molecule has 152 valence electrons. The fourth-order valence-corrected chi connectivity index (χ4v) is 5.76. The van der Waals surface area contributed by atoms with Gasteiger partial charge in [0.1, 0.15) is 0 Å². The summed E-state index contributed by atoms with van der Waals surface area (Å²) in [5.41, 5.74) is 0. The van der Waals surface area contributed by atoms with E-state index in [9.17, 15) is 8.42 Å². The lowest BCUT2D eigenvalue weighted by molar-refractivity contribution is 0.00513. The van der Waals surface area contributed by atoms with Crippen LogP contribution in [0.15, 0.2) is 33.6 Å². The van der Waals surface area contributed by atoms with Gasteiger partial charge in [0, 0.05) is 24.1 Å². The third-order valence-corrected chi connectivity index (χ3v) is 8.31. The number of halogens is 1. The lowest BCUT2D eigenvalue weighted by Gasteiger charge is -2.34. The summed E-state index contributed by atoms with van der Waals surface area (Å²) in [4.78, 5) is 2.85. The van der Waals surface area contributed by atoms with Crippen LogP contribution in [-0.2, 0) is 14.8 Å². The Morgan fingerprint density at radius 2 is 1.70 bits per heavy atom. The number of piperidine rings is 1. The van der Waals surface area contributed by atoms with Gasteiger partial charge in [-0.15, -0.1) is 0 Å². The van der Waals surface area contributed by atoms with E-state index in [0.717, 1.165) is 43.3 Å². The van der Waals surface area contributed by atoms with Crippen molar-refractivity contribution in [2.75, 3.05) is 33.3 Å². The van der Waals surface area contributed by atoms with E-state index in [1.165, 1.54) is 32.4 Å². The highest BCUT2D eigenvalue weighted by molar-refractivity contribution is 9.10. The van der Waals surface area contributed by atoms with Crippen molar-refractivity contribution in [2.24, 2.45) is 0 Å². The zero-order valence-corrected chi connectivity index (χ0v) is 18.6. The molecule has 1 saturated heterocycles. The minimum atomic E-state index is -3.44. The number of hydrogen-bond acceptors (Lipinski definition) is 4. The van der Waals surface area contributed by atoms with E-state index >= 15 is 0 Å². The number of ether oxygens (including phenoxy) is 1. The first-order valence-electron chi connectivity index (χ1n) is 10.0. The highest BCUT2D eigenvalue weighted by atomic mass is 79.9. The summed E-state index contributed by atoms with van der Waals surface area (Å²) >= 11 is 3.35. The quantitative estimate of drug-likeness (QED) is 0.621. The van der Waals surface area contributed by atoms with Gasteiger partial charge in [-0.05, 0) is 75.9 Å². The van der Waals surface area contributed by atoms with Crippen LogP contribution in [0.1, 0.15) is 44.9 Å². The third kappa shape index (κ3) is 5.76. The molecule has 1 saturated carbocycles. The molecular weight excluding hydrogens is 428 g/mol. The topological polar surface area (TPSA) is 49.9 Å². The molecule has 1 aromatic carbocycles. The summed E-state index contributed by atoms with van der Waals surface area (Å²) in [6.07, 6.45) is 7.85. The Hall–Kier alpha value is -0.470. The van der Waals surface area contributed by atoms with E-state index in [1.807, 2.05) is 0 Å². The van der Waals surface area contributed by atoms with Crippen LogP contribution in [0.3, 0.4) is 0 Å². The van der Waals surface area contributed by atoms with Crippen molar-refractivity contribution in [2.45, 2.75) is 62.0 Å². The first-order valence-corrected chi connectivity index (χ1v) is 12.3. The van der Waals surface area contributed by atoms with Gasteiger partial charge in [-0.2, -0.15) is 4.31 Å². The molecule has 5 nitrogen and oxygen atoms in total. The summed E-state index contributed by atoms with van der Waals surface area (Å²) in [6.45, 7) is 4.23. The molecular formula is C20H31BrN2O3S. The number of sulfonamides is 1. The van der Waals surface area contributed by atoms with Crippen LogP contribution < -0.4 is 0 Å². The monoisotopic (exact) mass is 458 g/mol. The molecule has 3 rings (SSSR count). The summed E-state index contributed by atoms with van der Waals surface area (Å²) in [5, 5.41) is 0. The van der Waals surface area contributed by atoms with E-state index < -0.39 is 10.0 Å². The van der Waals surface area contributed by atoms with E-state index in [-0.39, 0.29) is 12.1 Å². The van der Waals surface area contributed by atoms with Crippen molar-refractivity contribution in [3.05, 3.63) is 28.7 Å². The van der Waals surface area contributed by atoms with Crippen molar-refractivity contribution >= 4 is 26.0 Å². The first-order chi connectivity index (χ1) is 13.0. The zero-order chi connectivity index (χ0) is 19.3. The van der Waals surface area contributed by atoms with Crippen LogP contribution in [0.2, 0.25) is 0 Å². The molecule has 0 spiro atoms. The molecule has 0 radical (unpaired) electrons. The molecule has 1 aliphatic carbocycles. The second kappa shape index (κ2) is 9.83. The van der Waals surface area contributed by atoms with Gasteiger partial charge in [-0.3, -0.25) is 0 Å². The molecule has 0 bridgehead atoms. The zero-order valence-electron chi connectivity index (χ0n) is 16.1. The number of nitrogens with zero attached hydrogens (tertiary/aromatic N) is 2. The highest BCUT2D eigenvalue weighted by Gasteiger charge is 2.31. The molecule has 1 aliphatic heterocycles. The molecule has 0 amide bonds. The fourth-order valence-electron chi connectivity index (χ4n) is 4.08. The standard InChI is InChI=1S/C20H31BrN2O3S/c1-22(27(24,25)20-11-5-17(21)6-12-20)18-7-9-19(10-8-18)26-16-15-23-13-3-2-4-14-23/h5-6,11-12,18-19H,2-4,7-10,13-16H2,1H3. The second-order valence-electron chi connectivity index (χ2n) is 7.68. The van der Waals surface area contributed by atoms with Crippen molar-refractivity contribution in [1.82, 2.24) is 9.21 Å². The van der Waals surface area contributed by atoms with Crippen molar-refractivity contribution < 1.29 is 13.2 Å². The van der Waals surface area contributed by atoms with E-state index in [2.05, 4.69) is 20.8 Å². The first kappa shape index (κ1) is 21.2.